The molecule has 5 aliphatic rings. The predicted molar refractivity (Wildman–Crippen MR) is 74.6 cm³/mol. The van der Waals surface area contributed by atoms with Gasteiger partial charge in [-0.3, -0.25) is 0 Å². The molecule has 106 valence electrons. The highest BCUT2D eigenvalue weighted by atomic mass is 16.8. The first-order valence-electron chi connectivity index (χ1n) is 7.72. The van der Waals surface area contributed by atoms with E-state index >= 15 is 0 Å². The SMILES string of the molecule is CC1(C)CC2C[C@]3(C)C=C[C@]2(C1)[C@H]1OC(C)(C)O[C@H]13. The highest BCUT2D eigenvalue weighted by Gasteiger charge is 2.69. The van der Waals surface area contributed by atoms with Gasteiger partial charge in [-0.2, -0.15) is 0 Å². The molecule has 0 N–H and O–H groups in total. The summed E-state index contributed by atoms with van der Waals surface area (Å²) in [6.07, 6.45) is 9.31. The molecule has 0 aromatic rings. The average Bonchev–Trinajstić information content (AvgIpc) is 2.71. The molecule has 1 aliphatic heterocycles. The fraction of sp³-hybridized carbons (Fsp3) is 0.882. The van der Waals surface area contributed by atoms with E-state index in [1.54, 1.807) is 0 Å². The second-order valence-corrected chi connectivity index (χ2v) is 8.87. The van der Waals surface area contributed by atoms with E-state index in [0.717, 1.165) is 5.92 Å². The Morgan fingerprint density at radius 1 is 0.895 bits per heavy atom. The van der Waals surface area contributed by atoms with Gasteiger partial charge in [0.05, 0.1) is 12.2 Å². The number of ether oxygens (including phenoxy) is 2. The van der Waals surface area contributed by atoms with Crippen LogP contribution in [0.5, 0.6) is 0 Å². The van der Waals surface area contributed by atoms with Crippen LogP contribution in [0.15, 0.2) is 12.2 Å². The van der Waals surface area contributed by atoms with Crippen LogP contribution in [-0.2, 0) is 9.47 Å². The van der Waals surface area contributed by atoms with Crippen LogP contribution in [0.25, 0.3) is 0 Å². The normalized spacial score (nSPS) is 56.2. The van der Waals surface area contributed by atoms with E-state index in [1.165, 1.54) is 19.3 Å². The van der Waals surface area contributed by atoms with Crippen LogP contribution < -0.4 is 0 Å². The lowest BCUT2D eigenvalue weighted by Crippen LogP contribution is -2.58. The maximum atomic E-state index is 6.38. The number of hydrogen-bond donors (Lipinski definition) is 0. The van der Waals surface area contributed by atoms with Crippen LogP contribution in [0.3, 0.4) is 0 Å². The molecule has 0 amide bonds. The fourth-order valence-electron chi connectivity index (χ4n) is 5.58. The Hall–Kier alpha value is -0.340. The molecule has 2 saturated carbocycles. The summed E-state index contributed by atoms with van der Waals surface area (Å²) < 4.78 is 12.7. The molecule has 2 bridgehead atoms. The van der Waals surface area contributed by atoms with Crippen LogP contribution in [0.2, 0.25) is 0 Å². The first kappa shape index (κ1) is 12.4. The average molecular weight is 262 g/mol. The van der Waals surface area contributed by atoms with E-state index in [1.807, 2.05) is 0 Å². The number of hydrogen-bond acceptors (Lipinski definition) is 2. The third kappa shape index (κ3) is 1.45. The van der Waals surface area contributed by atoms with Crippen molar-refractivity contribution in [1.29, 1.82) is 0 Å². The second kappa shape index (κ2) is 3.12. The van der Waals surface area contributed by atoms with Gasteiger partial charge in [-0.1, -0.05) is 32.9 Å². The zero-order valence-corrected chi connectivity index (χ0v) is 12.8. The van der Waals surface area contributed by atoms with E-state index in [0.29, 0.717) is 5.41 Å². The summed E-state index contributed by atoms with van der Waals surface area (Å²) >= 11 is 0. The summed E-state index contributed by atoms with van der Waals surface area (Å²) in [6.45, 7) is 11.3. The van der Waals surface area contributed by atoms with Gasteiger partial charge in [-0.25, -0.2) is 0 Å². The topological polar surface area (TPSA) is 18.5 Å². The third-order valence-electron chi connectivity index (χ3n) is 6.08. The second-order valence-electron chi connectivity index (χ2n) is 8.87. The quantitative estimate of drug-likeness (QED) is 0.616. The van der Waals surface area contributed by atoms with Gasteiger partial charge in [-0.15, -0.1) is 0 Å². The van der Waals surface area contributed by atoms with Gasteiger partial charge in [-0.05, 0) is 44.4 Å². The van der Waals surface area contributed by atoms with Crippen molar-refractivity contribution < 1.29 is 9.47 Å². The van der Waals surface area contributed by atoms with Crippen LogP contribution in [-0.4, -0.2) is 18.0 Å². The molecule has 0 aromatic heterocycles. The highest BCUT2D eigenvalue weighted by Crippen LogP contribution is 2.69. The van der Waals surface area contributed by atoms with Gasteiger partial charge >= 0.3 is 0 Å². The summed E-state index contributed by atoms with van der Waals surface area (Å²) in [7, 11) is 0. The molecule has 5 atom stereocenters. The Kier molecular flexibility index (Phi) is 2.03. The summed E-state index contributed by atoms with van der Waals surface area (Å²) in [5.74, 6) is 0.355. The summed E-state index contributed by atoms with van der Waals surface area (Å²) in [5, 5.41) is 0. The van der Waals surface area contributed by atoms with Crippen molar-refractivity contribution in [3.05, 3.63) is 12.2 Å². The van der Waals surface area contributed by atoms with Gasteiger partial charge in [0.15, 0.2) is 5.79 Å². The Labute approximate surface area is 116 Å². The Morgan fingerprint density at radius 3 is 2.32 bits per heavy atom. The molecule has 4 aliphatic carbocycles. The maximum absolute atomic E-state index is 6.38. The van der Waals surface area contributed by atoms with Crippen LogP contribution in [0, 0.1) is 22.2 Å². The van der Waals surface area contributed by atoms with Crippen LogP contribution >= 0.6 is 0 Å². The van der Waals surface area contributed by atoms with Gasteiger partial charge < -0.3 is 9.47 Å². The zero-order chi connectivity index (χ0) is 13.7. The molecular weight excluding hydrogens is 236 g/mol. The molecular formula is C17H26O2. The summed E-state index contributed by atoms with van der Waals surface area (Å²) in [4.78, 5) is 0. The lowest BCUT2D eigenvalue weighted by atomic mass is 9.52. The van der Waals surface area contributed by atoms with E-state index in [9.17, 15) is 0 Å². The summed E-state index contributed by atoms with van der Waals surface area (Å²) in [5.41, 5.74) is 0.843. The molecule has 1 saturated heterocycles. The van der Waals surface area contributed by atoms with Crippen molar-refractivity contribution in [1.82, 2.24) is 0 Å². The first-order valence-corrected chi connectivity index (χ1v) is 7.72. The fourth-order valence-corrected chi connectivity index (χ4v) is 5.58. The molecule has 1 spiro atoms. The van der Waals surface area contributed by atoms with Crippen molar-refractivity contribution in [3.63, 3.8) is 0 Å². The van der Waals surface area contributed by atoms with Crippen LogP contribution in [0.4, 0.5) is 0 Å². The van der Waals surface area contributed by atoms with E-state index in [-0.39, 0.29) is 23.0 Å². The lowest BCUT2D eigenvalue weighted by Gasteiger charge is -2.55. The van der Waals surface area contributed by atoms with Crippen molar-refractivity contribution in [2.24, 2.45) is 22.2 Å². The first-order chi connectivity index (χ1) is 8.66. The smallest absolute Gasteiger partial charge is 0.163 e. The van der Waals surface area contributed by atoms with Crippen molar-refractivity contribution in [3.8, 4) is 0 Å². The minimum atomic E-state index is -0.419. The van der Waals surface area contributed by atoms with Crippen molar-refractivity contribution in [2.45, 2.75) is 71.9 Å². The van der Waals surface area contributed by atoms with Crippen LogP contribution in [0.1, 0.15) is 53.9 Å². The van der Waals surface area contributed by atoms with Gasteiger partial charge in [0.2, 0.25) is 0 Å². The molecule has 5 rings (SSSR count). The Bertz CT molecular complexity index is 464. The van der Waals surface area contributed by atoms with Gasteiger partial charge in [0.1, 0.15) is 0 Å². The van der Waals surface area contributed by atoms with E-state index in [4.69, 9.17) is 9.47 Å². The standard InChI is InChI=1S/C17H26O2/c1-14(2)8-11-9-16(5)6-7-17(11,10-14)13-12(16)18-15(3,4)19-13/h6-7,11-13H,8-10H2,1-5H3/t11?,12-,13+,16+,17-/m1/s1. The summed E-state index contributed by atoms with van der Waals surface area (Å²) in [6, 6.07) is 0. The maximum Gasteiger partial charge on any atom is 0.163 e. The number of rotatable bonds is 0. The minimum Gasteiger partial charge on any atom is -0.344 e. The predicted octanol–water partition coefficient (Wildman–Crippen LogP) is 3.91. The molecule has 2 nitrogen and oxygen atoms in total. The van der Waals surface area contributed by atoms with E-state index < -0.39 is 5.79 Å². The molecule has 19 heavy (non-hydrogen) atoms. The molecule has 0 aromatic carbocycles. The molecule has 0 radical (unpaired) electrons. The molecule has 1 heterocycles. The molecule has 3 fully saturated rings. The monoisotopic (exact) mass is 262 g/mol. The Morgan fingerprint density at radius 2 is 1.58 bits per heavy atom. The zero-order valence-electron chi connectivity index (χ0n) is 12.8. The van der Waals surface area contributed by atoms with Crippen molar-refractivity contribution in [2.75, 3.05) is 0 Å². The largest absolute Gasteiger partial charge is 0.344 e. The van der Waals surface area contributed by atoms with E-state index in [2.05, 4.69) is 46.8 Å². The third-order valence-corrected chi connectivity index (χ3v) is 6.08. The Balaban J connectivity index is 1.83. The molecule has 1 unspecified atom stereocenters. The van der Waals surface area contributed by atoms with Gasteiger partial charge in [0, 0.05) is 10.8 Å². The highest BCUT2D eigenvalue weighted by molar-refractivity contribution is 5.30. The van der Waals surface area contributed by atoms with Crippen molar-refractivity contribution >= 4 is 0 Å². The lowest BCUT2D eigenvalue weighted by molar-refractivity contribution is -0.155. The van der Waals surface area contributed by atoms with Gasteiger partial charge in [0.25, 0.3) is 0 Å². The minimum absolute atomic E-state index is 0.172. The molecule has 2 heteroatoms.